The van der Waals surface area contributed by atoms with Crippen LogP contribution in [0.3, 0.4) is 0 Å². The molecule has 30 heteroatoms. The van der Waals surface area contributed by atoms with Gasteiger partial charge in [-0.1, -0.05) is 17.3 Å². The Morgan fingerprint density at radius 3 is 2.18 bits per heavy atom. The Balaban J connectivity index is 0.000000321. The van der Waals surface area contributed by atoms with Crippen LogP contribution in [-0.2, 0) is 19.2 Å². The number of aromatic amines is 3. The lowest BCUT2D eigenvalue weighted by Crippen LogP contribution is -2.50. The highest BCUT2D eigenvalue weighted by Crippen LogP contribution is 2.28. The quantitative estimate of drug-likeness (QED) is 0.0266. The van der Waals surface area contributed by atoms with E-state index in [0.717, 1.165) is 43.1 Å². The Bertz CT molecular complexity index is 2810. The number of nitrogens with two attached hydrogens (primary N) is 4. The van der Waals surface area contributed by atoms with Crippen molar-refractivity contribution in [2.45, 2.75) is 31.8 Å². The van der Waals surface area contributed by atoms with Crippen molar-refractivity contribution in [2.75, 3.05) is 95.0 Å². The third-order valence-corrected chi connectivity index (χ3v) is 10.3. The summed E-state index contributed by atoms with van der Waals surface area (Å²) in [4.78, 5) is 108. The molecule has 27 nitrogen and oxygen atoms in total. The van der Waals surface area contributed by atoms with Gasteiger partial charge in [0.05, 0.1) is 18.0 Å². The van der Waals surface area contributed by atoms with Crippen molar-refractivity contribution in [3.63, 3.8) is 0 Å². The summed E-state index contributed by atoms with van der Waals surface area (Å²) in [7, 11) is 0. The maximum Gasteiger partial charge on any atom is 0.326 e. The number of carboxylic acids is 2. The van der Waals surface area contributed by atoms with Crippen LogP contribution in [0.4, 0.5) is 50.7 Å². The van der Waals surface area contributed by atoms with Gasteiger partial charge in [-0.05, 0) is 55.3 Å². The van der Waals surface area contributed by atoms with Gasteiger partial charge in [0, 0.05) is 75.4 Å². The molecule has 1 saturated heterocycles. The second-order valence-corrected chi connectivity index (χ2v) is 15.2. The normalized spacial score (nSPS) is 14.0. The predicted octanol–water partition coefficient (Wildman–Crippen LogP) is -0.1000. The Morgan fingerprint density at radius 2 is 1.60 bits per heavy atom. The SMILES string of the molecule is Cc1nc(N)nc(N)c1N1CCN(c2ccc(/C=N/OCCN)cc2)CC1.Cl.Cl.Nc1nc2c(c(=O)[nH]1)N(C=O)C(CNc1ccc(C(=O)N[C@@H](CCC(=O)O)C(=O)O)cc1)CN2.O=c1[nH]cc(F)c(=O)[nH]1. The third kappa shape index (κ3) is 16.3. The number of oxime groups is 1. The summed E-state index contributed by atoms with van der Waals surface area (Å²) in [6, 6.07) is 12.6. The van der Waals surface area contributed by atoms with Crippen molar-refractivity contribution in [2.24, 2.45) is 10.9 Å². The lowest BCUT2D eigenvalue weighted by atomic mass is 10.1. The molecule has 2 atom stereocenters. The fourth-order valence-corrected chi connectivity index (χ4v) is 6.95. The van der Waals surface area contributed by atoms with Crippen molar-refractivity contribution < 1.29 is 38.6 Å². The summed E-state index contributed by atoms with van der Waals surface area (Å²) >= 11 is 0. The molecule has 2 aromatic carbocycles. The highest BCUT2D eigenvalue weighted by atomic mass is 35.5. The first kappa shape index (κ1) is 57.8. The van der Waals surface area contributed by atoms with Gasteiger partial charge in [0.2, 0.25) is 24.1 Å². The molecule has 1 fully saturated rings. The molecule has 0 spiro atoms. The first-order valence-corrected chi connectivity index (χ1v) is 21.3. The zero-order valence-corrected chi connectivity index (χ0v) is 40.0. The first-order chi connectivity index (χ1) is 33.5. The van der Waals surface area contributed by atoms with E-state index in [0.29, 0.717) is 43.8 Å². The van der Waals surface area contributed by atoms with E-state index in [4.69, 9.17) is 32.9 Å². The Hall–Kier alpha value is -8.50. The second-order valence-electron chi connectivity index (χ2n) is 15.2. The third-order valence-electron chi connectivity index (χ3n) is 10.3. The summed E-state index contributed by atoms with van der Waals surface area (Å²) in [6.07, 6.45) is 2.29. The smallest absolute Gasteiger partial charge is 0.326 e. The van der Waals surface area contributed by atoms with Crippen molar-refractivity contribution in [1.29, 1.82) is 0 Å². The number of anilines is 8. The average molecular weight is 1050 g/mol. The lowest BCUT2D eigenvalue weighted by molar-refractivity contribution is -0.140. The van der Waals surface area contributed by atoms with E-state index in [2.05, 4.69) is 63.0 Å². The first-order valence-electron chi connectivity index (χ1n) is 21.3. The minimum atomic E-state index is -1.33. The summed E-state index contributed by atoms with van der Waals surface area (Å²) < 4.78 is 12.0. The number of carbonyl (C=O) groups excluding carboxylic acids is 2. The van der Waals surface area contributed by atoms with Crippen LogP contribution in [0.1, 0.15) is 34.5 Å². The second kappa shape index (κ2) is 27.6. The number of carbonyl (C=O) groups is 4. The van der Waals surface area contributed by atoms with Crippen LogP contribution in [0.25, 0.3) is 0 Å². The summed E-state index contributed by atoms with van der Waals surface area (Å²) in [5.41, 5.74) is 25.1. The van der Waals surface area contributed by atoms with Gasteiger partial charge in [-0.15, -0.1) is 24.8 Å². The fraction of sp³-hybridized carbons (Fsp3) is 0.310. The minimum Gasteiger partial charge on any atom is -0.481 e. The molecule has 5 aromatic rings. The van der Waals surface area contributed by atoms with Gasteiger partial charge in [-0.2, -0.15) is 14.4 Å². The van der Waals surface area contributed by atoms with Gasteiger partial charge in [-0.25, -0.2) is 14.6 Å². The zero-order valence-electron chi connectivity index (χ0n) is 38.4. The molecule has 3 aromatic heterocycles. The maximum atomic E-state index is 12.3. The summed E-state index contributed by atoms with van der Waals surface area (Å²) in [5.74, 6) is -3.34. The number of piperazine rings is 1. The number of aryl methyl sites for hydroxylation is 1. The Morgan fingerprint density at radius 1 is 0.931 bits per heavy atom. The molecule has 2 aliphatic rings. The number of H-pyrrole nitrogens is 3. The number of rotatable bonds is 16. The Labute approximate surface area is 420 Å². The largest absolute Gasteiger partial charge is 0.481 e. The molecule has 7 rings (SSSR count). The molecule has 16 N–H and O–H groups in total. The van der Waals surface area contributed by atoms with E-state index in [1.807, 2.05) is 24.0 Å². The van der Waals surface area contributed by atoms with Crippen LogP contribution in [0.5, 0.6) is 0 Å². The number of hydrogen-bond donors (Lipinski definition) is 12. The van der Waals surface area contributed by atoms with Crippen LogP contribution in [0.2, 0.25) is 0 Å². The number of carboxylic acid groups (broad SMARTS) is 2. The predicted molar refractivity (Wildman–Crippen MR) is 272 cm³/mol. The number of aliphatic carboxylic acids is 2. The number of aromatic nitrogens is 6. The number of fused-ring (bicyclic) bond motifs is 1. The number of nitrogens with one attached hydrogen (secondary N) is 6. The van der Waals surface area contributed by atoms with Crippen molar-refractivity contribution in [3.8, 4) is 0 Å². The molecule has 0 aliphatic carbocycles. The van der Waals surface area contributed by atoms with Gasteiger partial charge < -0.3 is 73.6 Å². The molecule has 2 amide bonds. The number of nitrogen functional groups attached to an aromatic ring is 3. The molecular formula is C42H54Cl2FN17O10. The van der Waals surface area contributed by atoms with E-state index < -0.39 is 59.0 Å². The molecular weight excluding hydrogens is 992 g/mol. The number of amides is 2. The highest BCUT2D eigenvalue weighted by Gasteiger charge is 2.30. The molecule has 0 saturated carbocycles. The van der Waals surface area contributed by atoms with E-state index in [9.17, 15) is 43.1 Å². The van der Waals surface area contributed by atoms with Gasteiger partial charge in [0.25, 0.3) is 17.0 Å². The van der Waals surface area contributed by atoms with Crippen molar-refractivity contribution >= 4 is 102 Å². The molecule has 5 heterocycles. The van der Waals surface area contributed by atoms with Crippen molar-refractivity contribution in [1.82, 2.24) is 35.2 Å². The van der Waals surface area contributed by atoms with E-state index >= 15 is 0 Å². The topological polar surface area (TPSA) is 417 Å². The van der Waals surface area contributed by atoms with Crippen LogP contribution >= 0.6 is 24.8 Å². The van der Waals surface area contributed by atoms with Crippen LogP contribution in [-0.4, -0.2) is 135 Å². The molecule has 388 valence electrons. The molecule has 0 bridgehead atoms. The Kier molecular flexibility index (Phi) is 22.2. The molecule has 1 unspecified atom stereocenters. The van der Waals surface area contributed by atoms with Crippen LogP contribution < -0.4 is 70.4 Å². The molecule has 0 radical (unpaired) electrons. The standard InChI is InChI=1S/C20H23N7O7.C18H26N8O.C4H3FN2O2.2ClH/c21-20-25-16-15(18(32)26-20)27(9-28)12(8-23-16)7-22-11-3-1-10(2-4-11)17(31)24-13(19(33)34)5-6-14(29)30;1-13-16(17(20)24-18(21)23-13)26-9-7-25(8-10-26)15-4-2-14(3-5-15)12-22-27-11-6-19;5-2-1-6-4(9)7-3(2)8;;/h1-4,9,12-13,22H,5-8H2,(H,24,31)(H,29,30)(H,33,34)(H4,21,23,25,26,32);2-5,12H,6-11,19H2,1H3,(H4,20,21,23,24);1H,(H2,6,7,8,9);2*1H/b;22-12+;;;/t12?,13-;;;;/m0..../s1. The van der Waals surface area contributed by atoms with E-state index in [1.54, 1.807) is 23.3 Å². The number of benzene rings is 2. The number of halogens is 3. The highest BCUT2D eigenvalue weighted by molar-refractivity contribution is 5.97. The zero-order chi connectivity index (χ0) is 50.9. The van der Waals surface area contributed by atoms with E-state index in [1.165, 1.54) is 22.7 Å². The lowest BCUT2D eigenvalue weighted by Gasteiger charge is -2.38. The van der Waals surface area contributed by atoms with E-state index in [-0.39, 0.29) is 66.7 Å². The number of hydrogen-bond acceptors (Lipinski definition) is 20. The summed E-state index contributed by atoms with van der Waals surface area (Å²) in [6.45, 7) is 6.81. The monoisotopic (exact) mass is 1050 g/mol. The van der Waals surface area contributed by atoms with Gasteiger partial charge in [0.15, 0.2) is 17.3 Å². The minimum absolute atomic E-state index is 0. The number of nitrogens with zero attached hydrogens (tertiary/aromatic N) is 7. The molecule has 2 aliphatic heterocycles. The molecule has 72 heavy (non-hydrogen) atoms. The van der Waals surface area contributed by atoms with Gasteiger partial charge in [0.1, 0.15) is 18.3 Å². The maximum absolute atomic E-state index is 12.3. The van der Waals surface area contributed by atoms with Gasteiger partial charge in [-0.3, -0.25) is 33.9 Å². The fourth-order valence-electron chi connectivity index (χ4n) is 6.95. The average Bonchev–Trinajstić information content (AvgIpc) is 3.32. The van der Waals surface area contributed by atoms with Gasteiger partial charge >= 0.3 is 17.6 Å². The van der Waals surface area contributed by atoms with Crippen LogP contribution in [0, 0.1) is 12.7 Å². The summed E-state index contributed by atoms with van der Waals surface area (Å²) in [5, 5.41) is 30.1. The van der Waals surface area contributed by atoms with Crippen LogP contribution in [0.15, 0.2) is 74.3 Å². The van der Waals surface area contributed by atoms with Crippen molar-refractivity contribution in [3.05, 3.63) is 109 Å².